The van der Waals surface area contributed by atoms with Crippen molar-refractivity contribution in [2.45, 2.75) is 11.4 Å². The normalized spacial score (nSPS) is 15.6. The molecule has 2 aromatic carbocycles. The number of hydrogen-bond acceptors (Lipinski definition) is 6. The van der Waals surface area contributed by atoms with Crippen molar-refractivity contribution in [2.75, 3.05) is 47.4 Å². The topological polar surface area (TPSA) is 64.0 Å². The Kier molecular flexibility index (Phi) is 7.16. The van der Waals surface area contributed by atoms with E-state index in [-0.39, 0.29) is 17.3 Å². The van der Waals surface area contributed by atoms with E-state index in [1.165, 1.54) is 3.97 Å². The lowest BCUT2D eigenvalue weighted by atomic mass is 10.2. The van der Waals surface area contributed by atoms with Crippen LogP contribution in [-0.2, 0) is 16.6 Å². The molecular weight excluding hydrogens is 438 g/mol. The Balaban J connectivity index is 0.00000272. The molecule has 0 amide bonds. The quantitative estimate of drug-likeness (QED) is 0.557. The van der Waals surface area contributed by atoms with Gasteiger partial charge in [0.05, 0.1) is 24.6 Å². The molecule has 0 saturated carbocycles. The third-order valence-electron chi connectivity index (χ3n) is 5.62. The van der Waals surface area contributed by atoms with Crippen molar-refractivity contribution in [3.63, 3.8) is 0 Å². The van der Waals surface area contributed by atoms with Crippen LogP contribution in [0.5, 0.6) is 11.5 Å². The van der Waals surface area contributed by atoms with E-state index >= 15 is 0 Å². The van der Waals surface area contributed by atoms with Gasteiger partial charge >= 0.3 is 0 Å². The van der Waals surface area contributed by atoms with Crippen LogP contribution in [0.2, 0.25) is 0 Å². The summed E-state index contributed by atoms with van der Waals surface area (Å²) in [6.45, 7) is 4.33. The minimum Gasteiger partial charge on any atom is -0.497 e. The van der Waals surface area contributed by atoms with E-state index in [0.717, 1.165) is 37.3 Å². The summed E-state index contributed by atoms with van der Waals surface area (Å²) in [5.41, 5.74) is 1.40. The second kappa shape index (κ2) is 9.48. The van der Waals surface area contributed by atoms with Gasteiger partial charge in [-0.15, -0.1) is 12.4 Å². The molecule has 3 aromatic rings. The summed E-state index contributed by atoms with van der Waals surface area (Å²) in [5, 5.41) is 0.843. The van der Waals surface area contributed by atoms with E-state index in [9.17, 15) is 8.42 Å². The lowest BCUT2D eigenvalue weighted by Gasteiger charge is -2.32. The molecule has 1 fully saturated rings. The highest BCUT2D eigenvalue weighted by atomic mass is 35.5. The molecule has 1 aliphatic rings. The van der Waals surface area contributed by atoms with Crippen LogP contribution in [0.1, 0.15) is 5.69 Å². The Morgan fingerprint density at radius 1 is 0.871 bits per heavy atom. The Morgan fingerprint density at radius 2 is 1.48 bits per heavy atom. The molecule has 4 rings (SSSR count). The van der Waals surface area contributed by atoms with Crippen molar-refractivity contribution >= 4 is 33.3 Å². The fourth-order valence-electron chi connectivity index (χ4n) is 3.83. The Labute approximate surface area is 189 Å². The summed E-state index contributed by atoms with van der Waals surface area (Å²) in [7, 11) is 1.50. The Bertz CT molecular complexity index is 1140. The molecule has 0 aliphatic carbocycles. The van der Waals surface area contributed by atoms with Gasteiger partial charge in [-0.2, -0.15) is 0 Å². The molecule has 1 aliphatic heterocycles. The van der Waals surface area contributed by atoms with Crippen molar-refractivity contribution in [2.24, 2.45) is 0 Å². The van der Waals surface area contributed by atoms with Crippen LogP contribution in [0.25, 0.3) is 10.9 Å². The molecule has 0 bridgehead atoms. The highest BCUT2D eigenvalue weighted by molar-refractivity contribution is 7.90. The first-order chi connectivity index (χ1) is 14.4. The average Bonchev–Trinajstić information content (AvgIpc) is 3.13. The van der Waals surface area contributed by atoms with Gasteiger partial charge in [0.15, 0.2) is 0 Å². The average molecular weight is 466 g/mol. The van der Waals surface area contributed by atoms with E-state index in [2.05, 4.69) is 16.8 Å². The Morgan fingerprint density at radius 3 is 2.10 bits per heavy atom. The standard InChI is InChI=1S/C22H27N3O4S.ClH/c1-23-10-12-24(13-11-23)16-18-14-17-15-20(29-3)6-9-22(17)25(18)30(26,27)21-7-4-19(28-2)5-8-21;/h4-9,14-15H,10-13,16H2,1-3H3;1H. The zero-order valence-corrected chi connectivity index (χ0v) is 19.6. The minimum atomic E-state index is -3.78. The maximum absolute atomic E-state index is 13.6. The third-order valence-corrected chi connectivity index (χ3v) is 7.40. The number of fused-ring (bicyclic) bond motifs is 1. The van der Waals surface area contributed by atoms with E-state index in [4.69, 9.17) is 9.47 Å². The van der Waals surface area contributed by atoms with Crippen LogP contribution < -0.4 is 9.47 Å². The van der Waals surface area contributed by atoms with Crippen molar-refractivity contribution in [1.29, 1.82) is 0 Å². The first-order valence-electron chi connectivity index (χ1n) is 9.91. The second-order valence-electron chi connectivity index (χ2n) is 7.58. The molecule has 2 heterocycles. The van der Waals surface area contributed by atoms with Crippen molar-refractivity contribution in [3.8, 4) is 11.5 Å². The van der Waals surface area contributed by atoms with Gasteiger partial charge in [-0.1, -0.05) is 0 Å². The number of benzene rings is 2. The number of halogens is 1. The van der Waals surface area contributed by atoms with Crippen LogP contribution in [0, 0.1) is 0 Å². The van der Waals surface area contributed by atoms with E-state index in [0.29, 0.717) is 23.6 Å². The second-order valence-corrected chi connectivity index (χ2v) is 9.37. The summed E-state index contributed by atoms with van der Waals surface area (Å²) in [5.74, 6) is 1.32. The number of aromatic nitrogens is 1. The van der Waals surface area contributed by atoms with Gasteiger partial charge in [-0.05, 0) is 55.6 Å². The van der Waals surface area contributed by atoms with Crippen LogP contribution in [0.15, 0.2) is 53.4 Å². The first-order valence-corrected chi connectivity index (χ1v) is 11.4. The predicted octanol–water partition coefficient (Wildman–Crippen LogP) is 3.06. The number of nitrogens with zero attached hydrogens (tertiary/aromatic N) is 3. The highest BCUT2D eigenvalue weighted by Crippen LogP contribution is 2.30. The van der Waals surface area contributed by atoms with E-state index in [1.807, 2.05) is 18.2 Å². The monoisotopic (exact) mass is 465 g/mol. The molecule has 0 spiro atoms. The molecule has 0 radical (unpaired) electrons. The zero-order chi connectivity index (χ0) is 21.3. The van der Waals surface area contributed by atoms with E-state index < -0.39 is 10.0 Å². The van der Waals surface area contributed by atoms with Gasteiger partial charge in [0, 0.05) is 43.8 Å². The van der Waals surface area contributed by atoms with Gasteiger partial charge in [0.25, 0.3) is 10.0 Å². The summed E-state index contributed by atoms with van der Waals surface area (Å²) in [6.07, 6.45) is 0. The molecule has 1 saturated heterocycles. The van der Waals surface area contributed by atoms with Gasteiger partial charge in [0.2, 0.25) is 0 Å². The summed E-state index contributed by atoms with van der Waals surface area (Å²) in [4.78, 5) is 4.81. The predicted molar refractivity (Wildman–Crippen MR) is 124 cm³/mol. The lowest BCUT2D eigenvalue weighted by molar-refractivity contribution is 0.147. The fraction of sp³-hybridized carbons (Fsp3) is 0.364. The number of likely N-dealkylation sites (N-methyl/N-ethyl adjacent to an activating group) is 1. The smallest absolute Gasteiger partial charge is 0.268 e. The van der Waals surface area contributed by atoms with Gasteiger partial charge < -0.3 is 14.4 Å². The van der Waals surface area contributed by atoms with Crippen molar-refractivity contribution < 1.29 is 17.9 Å². The van der Waals surface area contributed by atoms with Crippen LogP contribution in [-0.4, -0.2) is 69.6 Å². The highest BCUT2D eigenvalue weighted by Gasteiger charge is 2.25. The van der Waals surface area contributed by atoms with Crippen LogP contribution in [0.3, 0.4) is 0 Å². The summed E-state index contributed by atoms with van der Waals surface area (Å²) in [6, 6.07) is 13.9. The van der Waals surface area contributed by atoms with Crippen molar-refractivity contribution in [1.82, 2.24) is 13.8 Å². The maximum Gasteiger partial charge on any atom is 0.268 e. The number of methoxy groups -OCH3 is 2. The summed E-state index contributed by atoms with van der Waals surface area (Å²) < 4.78 is 39.3. The van der Waals surface area contributed by atoms with E-state index in [1.54, 1.807) is 44.6 Å². The van der Waals surface area contributed by atoms with Crippen molar-refractivity contribution in [3.05, 3.63) is 54.2 Å². The maximum atomic E-state index is 13.6. The third kappa shape index (κ3) is 4.67. The van der Waals surface area contributed by atoms with Crippen LogP contribution in [0.4, 0.5) is 0 Å². The minimum absolute atomic E-state index is 0. The zero-order valence-electron chi connectivity index (χ0n) is 17.9. The summed E-state index contributed by atoms with van der Waals surface area (Å²) >= 11 is 0. The molecule has 0 unspecified atom stereocenters. The molecule has 0 N–H and O–H groups in total. The first kappa shape index (κ1) is 23.4. The molecule has 7 nitrogen and oxygen atoms in total. The molecule has 31 heavy (non-hydrogen) atoms. The molecule has 9 heteroatoms. The Hall–Kier alpha value is -2.26. The SMILES string of the molecule is COc1ccc(S(=O)(=O)n2c(CN3CCN(C)CC3)cc3cc(OC)ccc32)cc1.Cl. The van der Waals surface area contributed by atoms with Gasteiger partial charge in [-0.3, -0.25) is 4.90 Å². The number of hydrogen-bond donors (Lipinski definition) is 0. The molecular formula is C22H28ClN3O4S. The number of piperazine rings is 1. The molecule has 1 aromatic heterocycles. The van der Waals surface area contributed by atoms with Crippen LogP contribution >= 0.6 is 12.4 Å². The molecule has 168 valence electrons. The largest absolute Gasteiger partial charge is 0.497 e. The molecule has 0 atom stereocenters. The van der Waals surface area contributed by atoms with Gasteiger partial charge in [-0.25, -0.2) is 12.4 Å². The fourth-order valence-corrected chi connectivity index (χ4v) is 5.37. The van der Waals surface area contributed by atoms with Gasteiger partial charge in [0.1, 0.15) is 11.5 Å². The number of ether oxygens (including phenoxy) is 2. The number of rotatable bonds is 6. The lowest BCUT2D eigenvalue weighted by Crippen LogP contribution is -2.44.